The number of aromatic nitrogens is 2. The van der Waals surface area contributed by atoms with E-state index in [0.717, 1.165) is 0 Å². The Morgan fingerprint density at radius 2 is 2.12 bits per heavy atom. The first-order valence-electron chi connectivity index (χ1n) is 4.70. The first-order chi connectivity index (χ1) is 8.16. The number of amides is 1. The summed E-state index contributed by atoms with van der Waals surface area (Å²) >= 11 is 8.98. The summed E-state index contributed by atoms with van der Waals surface area (Å²) in [5, 5.41) is 3.01. The van der Waals surface area contributed by atoms with Crippen molar-refractivity contribution in [2.75, 3.05) is 5.32 Å². The Balaban J connectivity index is 2.20. The van der Waals surface area contributed by atoms with E-state index in [9.17, 15) is 4.79 Å². The molecule has 0 aliphatic heterocycles. The van der Waals surface area contributed by atoms with Crippen molar-refractivity contribution in [1.29, 1.82) is 0 Å². The maximum Gasteiger partial charge on any atom is 0.275 e. The van der Waals surface area contributed by atoms with Gasteiger partial charge in [0.15, 0.2) is 0 Å². The van der Waals surface area contributed by atoms with Gasteiger partial charge in [-0.2, -0.15) is 0 Å². The molecule has 86 valence electrons. The van der Waals surface area contributed by atoms with Gasteiger partial charge in [-0.3, -0.25) is 4.79 Å². The van der Waals surface area contributed by atoms with Crippen LogP contribution in [0.4, 0.5) is 5.69 Å². The molecule has 1 amide bonds. The minimum absolute atomic E-state index is 0.306. The van der Waals surface area contributed by atoms with E-state index < -0.39 is 0 Å². The standard InChI is InChI=1S/C11H7BrClN3O/c12-8-2-1-4-15-10(8)11(17)16-7-3-5-14-9(13)6-7/h1-6H,(H,14,16,17). The lowest BCUT2D eigenvalue weighted by Crippen LogP contribution is -2.14. The zero-order chi connectivity index (χ0) is 12.3. The van der Waals surface area contributed by atoms with Crippen LogP contribution in [0.5, 0.6) is 0 Å². The number of nitrogens with one attached hydrogen (secondary N) is 1. The third-order valence-electron chi connectivity index (χ3n) is 1.96. The molecular formula is C11H7BrClN3O. The van der Waals surface area contributed by atoms with Crippen LogP contribution in [0, 0.1) is 0 Å². The zero-order valence-electron chi connectivity index (χ0n) is 8.52. The first-order valence-corrected chi connectivity index (χ1v) is 5.87. The largest absolute Gasteiger partial charge is 0.320 e. The lowest BCUT2D eigenvalue weighted by Gasteiger charge is -2.05. The lowest BCUT2D eigenvalue weighted by molar-refractivity contribution is 0.102. The van der Waals surface area contributed by atoms with Gasteiger partial charge in [-0.15, -0.1) is 0 Å². The number of anilines is 1. The van der Waals surface area contributed by atoms with Crippen molar-refractivity contribution >= 4 is 39.1 Å². The number of pyridine rings is 2. The SMILES string of the molecule is O=C(Nc1ccnc(Cl)c1)c1ncccc1Br. The number of hydrogen-bond acceptors (Lipinski definition) is 3. The summed E-state index contributed by atoms with van der Waals surface area (Å²) in [7, 11) is 0. The van der Waals surface area contributed by atoms with Crippen LogP contribution in [0.3, 0.4) is 0 Å². The predicted molar refractivity (Wildman–Crippen MR) is 69.1 cm³/mol. The molecule has 2 heterocycles. The van der Waals surface area contributed by atoms with E-state index in [1.165, 1.54) is 6.20 Å². The summed E-state index contributed by atoms with van der Waals surface area (Å²) in [5.41, 5.74) is 0.896. The minimum atomic E-state index is -0.306. The van der Waals surface area contributed by atoms with E-state index in [2.05, 4.69) is 31.2 Å². The molecule has 1 N–H and O–H groups in total. The highest BCUT2D eigenvalue weighted by Gasteiger charge is 2.11. The van der Waals surface area contributed by atoms with E-state index in [-0.39, 0.29) is 5.91 Å². The van der Waals surface area contributed by atoms with E-state index >= 15 is 0 Å². The van der Waals surface area contributed by atoms with Crippen molar-refractivity contribution in [3.8, 4) is 0 Å². The molecule has 6 heteroatoms. The Bertz CT molecular complexity index is 562. The van der Waals surface area contributed by atoms with Gasteiger partial charge in [0.25, 0.3) is 5.91 Å². The van der Waals surface area contributed by atoms with Crippen LogP contribution < -0.4 is 5.32 Å². The highest BCUT2D eigenvalue weighted by molar-refractivity contribution is 9.10. The highest BCUT2D eigenvalue weighted by atomic mass is 79.9. The maximum atomic E-state index is 11.9. The monoisotopic (exact) mass is 311 g/mol. The van der Waals surface area contributed by atoms with Crippen LogP contribution in [-0.4, -0.2) is 15.9 Å². The Labute approximate surface area is 111 Å². The lowest BCUT2D eigenvalue weighted by atomic mass is 10.3. The molecule has 0 bridgehead atoms. The zero-order valence-corrected chi connectivity index (χ0v) is 10.9. The molecule has 2 rings (SSSR count). The smallest absolute Gasteiger partial charge is 0.275 e. The van der Waals surface area contributed by atoms with Crippen LogP contribution >= 0.6 is 27.5 Å². The predicted octanol–water partition coefficient (Wildman–Crippen LogP) is 3.14. The van der Waals surface area contributed by atoms with Crippen molar-refractivity contribution in [3.05, 3.63) is 52.0 Å². The average Bonchev–Trinajstić information content (AvgIpc) is 2.29. The summed E-state index contributed by atoms with van der Waals surface area (Å²) in [4.78, 5) is 19.7. The molecule has 0 spiro atoms. The first kappa shape index (κ1) is 12.0. The van der Waals surface area contributed by atoms with Crippen LogP contribution in [0.2, 0.25) is 5.15 Å². The molecular weight excluding hydrogens is 305 g/mol. The quantitative estimate of drug-likeness (QED) is 0.867. The molecule has 17 heavy (non-hydrogen) atoms. The van der Waals surface area contributed by atoms with Gasteiger partial charge in [0.05, 0.1) is 0 Å². The van der Waals surface area contributed by atoms with E-state index in [1.807, 2.05) is 0 Å². The van der Waals surface area contributed by atoms with Crippen LogP contribution in [0.15, 0.2) is 41.1 Å². The second-order valence-corrected chi connectivity index (χ2v) is 4.40. The summed E-state index contributed by atoms with van der Waals surface area (Å²) < 4.78 is 0.637. The van der Waals surface area contributed by atoms with Gasteiger partial charge in [0, 0.05) is 22.6 Å². The average molecular weight is 313 g/mol. The molecule has 0 unspecified atom stereocenters. The topological polar surface area (TPSA) is 54.9 Å². The maximum absolute atomic E-state index is 11.9. The van der Waals surface area contributed by atoms with Crippen LogP contribution in [-0.2, 0) is 0 Å². The summed E-state index contributed by atoms with van der Waals surface area (Å²) in [6, 6.07) is 6.71. The van der Waals surface area contributed by atoms with Crippen molar-refractivity contribution < 1.29 is 4.79 Å². The number of carbonyl (C=O) groups is 1. The van der Waals surface area contributed by atoms with Crippen LogP contribution in [0.25, 0.3) is 0 Å². The van der Waals surface area contributed by atoms with E-state index in [4.69, 9.17) is 11.6 Å². The van der Waals surface area contributed by atoms with Crippen molar-refractivity contribution in [2.24, 2.45) is 0 Å². The fraction of sp³-hybridized carbons (Fsp3) is 0. The molecule has 2 aromatic heterocycles. The molecule has 0 saturated heterocycles. The Morgan fingerprint density at radius 3 is 2.82 bits per heavy atom. The molecule has 0 aromatic carbocycles. The Hall–Kier alpha value is -1.46. The van der Waals surface area contributed by atoms with Gasteiger partial charge in [0.2, 0.25) is 0 Å². The Kier molecular flexibility index (Phi) is 3.71. The fourth-order valence-corrected chi connectivity index (χ4v) is 1.83. The van der Waals surface area contributed by atoms with Gasteiger partial charge in [-0.05, 0) is 40.2 Å². The fourth-order valence-electron chi connectivity index (χ4n) is 1.22. The molecule has 0 radical (unpaired) electrons. The van der Waals surface area contributed by atoms with E-state index in [0.29, 0.717) is 21.0 Å². The summed E-state index contributed by atoms with van der Waals surface area (Å²) in [6.07, 6.45) is 3.07. The number of carbonyl (C=O) groups excluding carboxylic acids is 1. The third-order valence-corrected chi connectivity index (χ3v) is 2.80. The molecule has 0 aliphatic carbocycles. The number of nitrogens with zero attached hydrogens (tertiary/aromatic N) is 2. The van der Waals surface area contributed by atoms with Crippen molar-refractivity contribution in [2.45, 2.75) is 0 Å². The van der Waals surface area contributed by atoms with Gasteiger partial charge in [-0.25, -0.2) is 9.97 Å². The molecule has 4 nitrogen and oxygen atoms in total. The number of rotatable bonds is 2. The number of hydrogen-bond donors (Lipinski definition) is 1. The summed E-state index contributed by atoms with van der Waals surface area (Å²) in [5.74, 6) is -0.306. The van der Waals surface area contributed by atoms with Gasteiger partial charge < -0.3 is 5.32 Å². The van der Waals surface area contributed by atoms with Gasteiger partial charge in [0.1, 0.15) is 10.8 Å². The molecule has 2 aromatic rings. The van der Waals surface area contributed by atoms with E-state index in [1.54, 1.807) is 30.5 Å². The second-order valence-electron chi connectivity index (χ2n) is 3.16. The molecule has 0 fully saturated rings. The van der Waals surface area contributed by atoms with Crippen LogP contribution in [0.1, 0.15) is 10.5 Å². The number of halogens is 2. The minimum Gasteiger partial charge on any atom is -0.320 e. The normalized spacial score (nSPS) is 10.0. The van der Waals surface area contributed by atoms with Gasteiger partial charge >= 0.3 is 0 Å². The van der Waals surface area contributed by atoms with Gasteiger partial charge in [-0.1, -0.05) is 11.6 Å². The molecule has 0 atom stereocenters. The summed E-state index contributed by atoms with van der Waals surface area (Å²) in [6.45, 7) is 0. The van der Waals surface area contributed by atoms with Crippen molar-refractivity contribution in [1.82, 2.24) is 9.97 Å². The Morgan fingerprint density at radius 1 is 1.29 bits per heavy atom. The second kappa shape index (κ2) is 5.25. The molecule has 0 aliphatic rings. The third kappa shape index (κ3) is 3.01. The highest BCUT2D eigenvalue weighted by Crippen LogP contribution is 2.16. The van der Waals surface area contributed by atoms with Crippen molar-refractivity contribution in [3.63, 3.8) is 0 Å². The molecule has 0 saturated carbocycles.